The van der Waals surface area contributed by atoms with Crippen LogP contribution in [0.1, 0.15) is 32.0 Å². The number of piperazine rings is 1. The third-order valence-electron chi connectivity index (χ3n) is 5.97. The fourth-order valence-corrected chi connectivity index (χ4v) is 4.95. The smallest absolute Gasteiger partial charge is 0.278 e. The maximum Gasteiger partial charge on any atom is 0.278 e. The number of H-pyrrole nitrogens is 1. The highest BCUT2D eigenvalue weighted by Crippen LogP contribution is 2.24. The summed E-state index contributed by atoms with van der Waals surface area (Å²) in [7, 11) is 0. The van der Waals surface area contributed by atoms with Crippen LogP contribution in [0.15, 0.2) is 40.3 Å². The van der Waals surface area contributed by atoms with Crippen molar-refractivity contribution in [2.45, 2.75) is 38.4 Å². The van der Waals surface area contributed by atoms with Crippen LogP contribution in [0.2, 0.25) is 0 Å². The number of carbonyl (C=O) groups is 1. The molecule has 32 heavy (non-hydrogen) atoms. The summed E-state index contributed by atoms with van der Waals surface area (Å²) < 4.78 is 14.9. The standard InChI is InChI=1S/C23H28FN5O2S/c1-4-16(3)29-22(31)21-19(13-15(2)25-21)26-23(29)32-14-20(30)28-11-9-27(10-12-28)18-7-5-17(24)6-8-18/h5-8,13,16,25H,4,9-12,14H2,1-3H3. The predicted molar refractivity (Wildman–Crippen MR) is 126 cm³/mol. The van der Waals surface area contributed by atoms with Crippen LogP contribution in [-0.2, 0) is 4.79 Å². The molecule has 1 amide bonds. The number of carbonyl (C=O) groups excluding carboxylic acids is 1. The van der Waals surface area contributed by atoms with E-state index in [-0.39, 0.29) is 29.1 Å². The number of aryl methyl sites for hydroxylation is 1. The van der Waals surface area contributed by atoms with Crippen molar-refractivity contribution in [2.24, 2.45) is 0 Å². The normalized spacial score (nSPS) is 15.4. The molecule has 0 aliphatic carbocycles. The molecule has 1 unspecified atom stereocenters. The second kappa shape index (κ2) is 9.36. The molecule has 1 saturated heterocycles. The third-order valence-corrected chi connectivity index (χ3v) is 6.90. The molecule has 1 aliphatic rings. The Labute approximate surface area is 190 Å². The topological polar surface area (TPSA) is 74.2 Å². The maximum atomic E-state index is 13.2. The minimum absolute atomic E-state index is 0.0140. The molecule has 0 radical (unpaired) electrons. The van der Waals surface area contributed by atoms with Gasteiger partial charge in [-0.25, -0.2) is 9.37 Å². The Morgan fingerprint density at radius 1 is 1.22 bits per heavy atom. The Bertz CT molecular complexity index is 1170. The third kappa shape index (κ3) is 4.53. The van der Waals surface area contributed by atoms with Gasteiger partial charge in [0.25, 0.3) is 5.56 Å². The van der Waals surface area contributed by atoms with Crippen LogP contribution in [0, 0.1) is 12.7 Å². The lowest BCUT2D eigenvalue weighted by Gasteiger charge is -2.36. The van der Waals surface area contributed by atoms with E-state index in [1.807, 2.05) is 31.7 Å². The number of hydrogen-bond acceptors (Lipinski definition) is 5. The van der Waals surface area contributed by atoms with Crippen molar-refractivity contribution in [1.29, 1.82) is 0 Å². The van der Waals surface area contributed by atoms with Gasteiger partial charge in [0.15, 0.2) is 5.16 Å². The lowest BCUT2D eigenvalue weighted by Crippen LogP contribution is -2.49. The molecule has 0 saturated carbocycles. The molecule has 0 spiro atoms. The molecule has 1 atom stereocenters. The van der Waals surface area contributed by atoms with Crippen LogP contribution < -0.4 is 10.5 Å². The number of benzene rings is 1. The number of rotatable bonds is 6. The predicted octanol–water partition coefficient (Wildman–Crippen LogP) is 3.58. The molecule has 2 aromatic heterocycles. The van der Waals surface area contributed by atoms with Gasteiger partial charge >= 0.3 is 0 Å². The molecule has 3 aromatic rings. The fourth-order valence-electron chi connectivity index (χ4n) is 3.95. The summed E-state index contributed by atoms with van der Waals surface area (Å²) in [4.78, 5) is 37.7. The van der Waals surface area contributed by atoms with Crippen LogP contribution in [-0.4, -0.2) is 57.3 Å². The summed E-state index contributed by atoms with van der Waals surface area (Å²) in [5, 5.41) is 0.578. The Morgan fingerprint density at radius 2 is 1.91 bits per heavy atom. The first-order valence-electron chi connectivity index (χ1n) is 10.9. The molecule has 3 heterocycles. The first kappa shape index (κ1) is 22.4. The average molecular weight is 458 g/mol. The molecule has 170 valence electrons. The Morgan fingerprint density at radius 3 is 2.56 bits per heavy atom. The van der Waals surface area contributed by atoms with Crippen molar-refractivity contribution in [1.82, 2.24) is 19.4 Å². The fraction of sp³-hybridized carbons (Fsp3) is 0.435. The van der Waals surface area contributed by atoms with Crippen molar-refractivity contribution >= 4 is 34.4 Å². The Hall–Kier alpha value is -2.81. The summed E-state index contributed by atoms with van der Waals surface area (Å²) in [6.45, 7) is 8.54. The highest BCUT2D eigenvalue weighted by Gasteiger charge is 2.23. The van der Waals surface area contributed by atoms with Crippen LogP contribution in [0.3, 0.4) is 0 Å². The Kier molecular flexibility index (Phi) is 6.55. The lowest BCUT2D eigenvalue weighted by atomic mass is 10.2. The van der Waals surface area contributed by atoms with E-state index < -0.39 is 0 Å². The van der Waals surface area contributed by atoms with E-state index in [0.717, 1.165) is 17.8 Å². The van der Waals surface area contributed by atoms with Gasteiger partial charge in [0.05, 0.1) is 11.3 Å². The van der Waals surface area contributed by atoms with E-state index in [0.29, 0.717) is 42.4 Å². The zero-order chi connectivity index (χ0) is 22.8. The number of thioether (sulfide) groups is 1. The van der Waals surface area contributed by atoms with Gasteiger partial charge in [-0.1, -0.05) is 18.7 Å². The van der Waals surface area contributed by atoms with Gasteiger partial charge in [-0.15, -0.1) is 0 Å². The second-order valence-corrected chi connectivity index (χ2v) is 9.11. The number of halogens is 1. The van der Waals surface area contributed by atoms with E-state index in [1.165, 1.54) is 23.9 Å². The first-order valence-corrected chi connectivity index (χ1v) is 11.9. The zero-order valence-electron chi connectivity index (χ0n) is 18.6. The Balaban J connectivity index is 1.44. The lowest BCUT2D eigenvalue weighted by molar-refractivity contribution is -0.128. The van der Waals surface area contributed by atoms with Crippen molar-refractivity contribution < 1.29 is 9.18 Å². The second-order valence-electron chi connectivity index (χ2n) is 8.17. The van der Waals surface area contributed by atoms with E-state index in [1.54, 1.807) is 16.7 Å². The minimum Gasteiger partial charge on any atom is -0.368 e. The molecule has 7 nitrogen and oxygen atoms in total. The summed E-state index contributed by atoms with van der Waals surface area (Å²) in [6, 6.07) is 8.28. The number of hydrogen-bond donors (Lipinski definition) is 1. The molecule has 9 heteroatoms. The van der Waals surface area contributed by atoms with Gasteiger partial charge in [0.1, 0.15) is 11.3 Å². The first-order chi connectivity index (χ1) is 15.4. The van der Waals surface area contributed by atoms with Crippen molar-refractivity contribution in [3.63, 3.8) is 0 Å². The summed E-state index contributed by atoms with van der Waals surface area (Å²) in [6.07, 6.45) is 0.791. The van der Waals surface area contributed by atoms with E-state index >= 15 is 0 Å². The van der Waals surface area contributed by atoms with E-state index in [9.17, 15) is 14.0 Å². The highest BCUT2D eigenvalue weighted by atomic mass is 32.2. The number of aromatic nitrogens is 3. The number of anilines is 1. The van der Waals surface area contributed by atoms with Gasteiger partial charge in [-0.3, -0.25) is 14.2 Å². The van der Waals surface area contributed by atoms with Crippen LogP contribution in [0.25, 0.3) is 11.0 Å². The quantitative estimate of drug-likeness (QED) is 0.452. The summed E-state index contributed by atoms with van der Waals surface area (Å²) in [5.41, 5.74) is 2.90. The molecular formula is C23H28FN5O2S. The van der Waals surface area contributed by atoms with Crippen LogP contribution >= 0.6 is 11.8 Å². The largest absolute Gasteiger partial charge is 0.368 e. The molecule has 0 bridgehead atoms. The monoisotopic (exact) mass is 457 g/mol. The van der Waals surface area contributed by atoms with Crippen LogP contribution in [0.5, 0.6) is 0 Å². The van der Waals surface area contributed by atoms with E-state index in [2.05, 4.69) is 14.9 Å². The average Bonchev–Trinajstić information content (AvgIpc) is 3.18. The molecule has 4 rings (SSSR count). The SMILES string of the molecule is CCC(C)n1c(SCC(=O)N2CCN(c3ccc(F)cc3)CC2)nc2cc(C)[nH]c2c1=O. The number of nitrogens with one attached hydrogen (secondary N) is 1. The van der Waals surface area contributed by atoms with Crippen molar-refractivity contribution in [2.75, 3.05) is 36.8 Å². The number of nitrogens with zero attached hydrogens (tertiary/aromatic N) is 4. The number of amides is 1. The van der Waals surface area contributed by atoms with Gasteiger partial charge in [-0.05, 0) is 50.6 Å². The van der Waals surface area contributed by atoms with Crippen molar-refractivity contribution in [3.8, 4) is 0 Å². The van der Waals surface area contributed by atoms with Gasteiger partial charge in [0.2, 0.25) is 5.91 Å². The van der Waals surface area contributed by atoms with Crippen LogP contribution in [0.4, 0.5) is 10.1 Å². The molecular weight excluding hydrogens is 429 g/mol. The molecule has 1 fully saturated rings. The molecule has 1 aliphatic heterocycles. The zero-order valence-corrected chi connectivity index (χ0v) is 19.4. The maximum absolute atomic E-state index is 13.2. The molecule has 1 aromatic carbocycles. The van der Waals surface area contributed by atoms with Gasteiger partial charge in [-0.2, -0.15) is 0 Å². The highest BCUT2D eigenvalue weighted by molar-refractivity contribution is 7.99. The summed E-state index contributed by atoms with van der Waals surface area (Å²) in [5.74, 6) is 0.00929. The molecule has 1 N–H and O–H groups in total. The van der Waals surface area contributed by atoms with E-state index in [4.69, 9.17) is 0 Å². The van der Waals surface area contributed by atoms with Gasteiger partial charge < -0.3 is 14.8 Å². The van der Waals surface area contributed by atoms with Crippen molar-refractivity contribution in [3.05, 3.63) is 52.2 Å². The minimum atomic E-state index is -0.253. The summed E-state index contributed by atoms with van der Waals surface area (Å²) >= 11 is 1.32. The van der Waals surface area contributed by atoms with Gasteiger partial charge in [0, 0.05) is 43.6 Å². The number of aromatic amines is 1. The number of fused-ring (bicyclic) bond motifs is 1.